The number of rotatable bonds is 8. The van der Waals surface area contributed by atoms with Crippen LogP contribution in [0.2, 0.25) is 0 Å². The first kappa shape index (κ1) is 60.9. The molecule has 3 aromatic heterocycles. The maximum atomic E-state index is 6.30. The van der Waals surface area contributed by atoms with E-state index in [0.717, 1.165) is 82.9 Å². The van der Waals surface area contributed by atoms with Gasteiger partial charge in [-0.25, -0.2) is 24.9 Å². The Morgan fingerprint density at radius 3 is 1.22 bits per heavy atom. The number of hydrogen-bond acceptors (Lipinski definition) is 6. The quantitative estimate of drug-likeness (QED) is 0.151. The molecule has 0 fully saturated rings. The number of hydrogen-bond donors (Lipinski definition) is 0. The second-order valence-corrected chi connectivity index (χ2v) is 28.7. The molecule has 0 spiro atoms. The minimum atomic E-state index is -0.101. The normalized spacial score (nSPS) is 14.4. The molecule has 0 amide bonds. The Bertz CT molecular complexity index is 5790. The number of aromatic nitrogens is 5. The van der Waals surface area contributed by atoms with Crippen molar-refractivity contribution < 1.29 is 4.42 Å². The summed E-state index contributed by atoms with van der Waals surface area (Å²) in [6.07, 6.45) is 0. The highest BCUT2D eigenvalue weighted by atomic mass is 16.3. The molecule has 2 aliphatic rings. The molecular formula is C93H73N5O. The van der Waals surface area contributed by atoms with Gasteiger partial charge in [0.2, 0.25) is 0 Å². The molecule has 0 saturated carbocycles. The summed E-state index contributed by atoms with van der Waals surface area (Å²) in [6.45, 7) is 19.2. The van der Waals surface area contributed by atoms with Crippen LogP contribution in [-0.2, 0) is 21.7 Å². The molecule has 18 rings (SSSR count). The topological polar surface area (TPSA) is 77.6 Å². The number of benzene rings is 13. The van der Waals surface area contributed by atoms with Gasteiger partial charge in [-0.1, -0.05) is 304 Å². The van der Waals surface area contributed by atoms with Crippen LogP contribution in [-0.4, -0.2) is 24.9 Å². The van der Waals surface area contributed by atoms with Gasteiger partial charge in [0.25, 0.3) is 0 Å². The molecule has 2 aliphatic carbocycles. The van der Waals surface area contributed by atoms with Gasteiger partial charge in [0, 0.05) is 44.0 Å². The van der Waals surface area contributed by atoms with Gasteiger partial charge in [-0.05, 0) is 153 Å². The Kier molecular flexibility index (Phi) is 14.5. The minimum Gasteiger partial charge on any atom is -0.456 e. The molecule has 3 heterocycles. The third-order valence-corrected chi connectivity index (χ3v) is 22.3. The van der Waals surface area contributed by atoms with Crippen LogP contribution in [0.3, 0.4) is 0 Å². The predicted octanol–water partition coefficient (Wildman–Crippen LogP) is 24.4. The summed E-state index contributed by atoms with van der Waals surface area (Å²) in [6, 6.07) is 105. The molecular weight excluding hydrogens is 1200 g/mol. The molecule has 16 aromatic rings. The van der Waals surface area contributed by atoms with Gasteiger partial charge in [-0.2, -0.15) is 0 Å². The van der Waals surface area contributed by atoms with Gasteiger partial charge >= 0.3 is 0 Å². The molecule has 0 radical (unpaired) electrons. The highest BCUT2D eigenvalue weighted by molar-refractivity contribution is 6.07. The summed E-state index contributed by atoms with van der Waals surface area (Å²) in [5, 5.41) is 4.49. The van der Waals surface area contributed by atoms with Crippen molar-refractivity contribution in [2.45, 2.75) is 77.0 Å². The lowest BCUT2D eigenvalue weighted by Crippen LogP contribution is -2.44. The van der Waals surface area contributed by atoms with Crippen LogP contribution in [0.5, 0.6) is 0 Å². The molecule has 0 saturated heterocycles. The van der Waals surface area contributed by atoms with E-state index >= 15 is 0 Å². The molecule has 99 heavy (non-hydrogen) atoms. The Labute approximate surface area is 578 Å². The van der Waals surface area contributed by atoms with Crippen molar-refractivity contribution in [3.05, 3.63) is 320 Å². The Balaban J connectivity index is 0.000000149. The Hall–Kier alpha value is -11.7. The molecule has 13 aromatic carbocycles. The van der Waals surface area contributed by atoms with E-state index in [2.05, 4.69) is 280 Å². The average molecular weight is 1280 g/mol. The van der Waals surface area contributed by atoms with Crippen molar-refractivity contribution in [2.75, 3.05) is 0 Å². The fourth-order valence-corrected chi connectivity index (χ4v) is 15.7. The van der Waals surface area contributed by atoms with Gasteiger partial charge in [0.15, 0.2) is 17.5 Å². The first-order chi connectivity index (χ1) is 48.1. The predicted molar refractivity (Wildman–Crippen MR) is 411 cm³/mol. The highest BCUT2D eigenvalue weighted by Crippen LogP contribution is 2.58. The Morgan fingerprint density at radius 2 is 0.616 bits per heavy atom. The van der Waals surface area contributed by atoms with Gasteiger partial charge in [-0.3, -0.25) is 0 Å². The van der Waals surface area contributed by atoms with Crippen LogP contribution < -0.4 is 0 Å². The zero-order chi connectivity index (χ0) is 67.4. The van der Waals surface area contributed by atoms with E-state index in [9.17, 15) is 0 Å². The summed E-state index contributed by atoms with van der Waals surface area (Å²) in [4.78, 5) is 25.6. The maximum Gasteiger partial charge on any atom is 0.164 e. The van der Waals surface area contributed by atoms with Crippen molar-refractivity contribution in [2.24, 2.45) is 0 Å². The van der Waals surface area contributed by atoms with E-state index < -0.39 is 0 Å². The van der Waals surface area contributed by atoms with Crippen molar-refractivity contribution >= 4 is 43.7 Å². The summed E-state index contributed by atoms with van der Waals surface area (Å²) in [5.41, 5.74) is 27.8. The fraction of sp³-hybridized carbons (Fsp3) is 0.129. The molecule has 6 heteroatoms. The lowest BCUT2D eigenvalue weighted by molar-refractivity contribution is 0.299. The second-order valence-electron chi connectivity index (χ2n) is 28.7. The lowest BCUT2D eigenvalue weighted by atomic mass is 9.54. The van der Waals surface area contributed by atoms with E-state index in [1.54, 1.807) is 0 Å². The molecule has 0 bridgehead atoms. The van der Waals surface area contributed by atoms with Crippen LogP contribution in [0.25, 0.3) is 156 Å². The Morgan fingerprint density at radius 1 is 0.222 bits per heavy atom. The van der Waals surface area contributed by atoms with Gasteiger partial charge in [0.1, 0.15) is 11.2 Å². The van der Waals surface area contributed by atoms with Gasteiger partial charge in [-0.15, -0.1) is 0 Å². The first-order valence-electron chi connectivity index (χ1n) is 34.4. The van der Waals surface area contributed by atoms with Gasteiger partial charge < -0.3 is 4.42 Å². The molecule has 0 unspecified atom stereocenters. The van der Waals surface area contributed by atoms with Crippen molar-refractivity contribution in [1.29, 1.82) is 0 Å². The van der Waals surface area contributed by atoms with Crippen LogP contribution >= 0.6 is 0 Å². The highest BCUT2D eigenvalue weighted by Gasteiger charge is 2.48. The molecule has 0 atom stereocenters. The van der Waals surface area contributed by atoms with Crippen LogP contribution in [0.4, 0.5) is 0 Å². The number of nitrogens with zero attached hydrogens (tertiary/aromatic N) is 5. The van der Waals surface area contributed by atoms with E-state index in [4.69, 9.17) is 29.3 Å². The second kappa shape index (κ2) is 23.5. The number of furan rings is 1. The van der Waals surface area contributed by atoms with E-state index in [1.807, 2.05) is 72.8 Å². The van der Waals surface area contributed by atoms with E-state index in [-0.39, 0.29) is 21.7 Å². The smallest absolute Gasteiger partial charge is 0.164 e. The largest absolute Gasteiger partial charge is 0.456 e. The molecule has 6 nitrogen and oxygen atoms in total. The van der Waals surface area contributed by atoms with Crippen LogP contribution in [0.1, 0.15) is 77.6 Å². The zero-order valence-electron chi connectivity index (χ0n) is 56.9. The first-order valence-corrected chi connectivity index (χ1v) is 34.4. The number of fused-ring (bicyclic) bond motifs is 11. The summed E-state index contributed by atoms with van der Waals surface area (Å²) < 4.78 is 6.30. The van der Waals surface area contributed by atoms with E-state index in [1.165, 1.54) is 77.9 Å². The minimum absolute atomic E-state index is 0.0675. The third-order valence-electron chi connectivity index (χ3n) is 22.3. The van der Waals surface area contributed by atoms with Crippen molar-refractivity contribution in [3.63, 3.8) is 0 Å². The van der Waals surface area contributed by atoms with Crippen LogP contribution in [0, 0.1) is 0 Å². The average Bonchev–Trinajstić information content (AvgIpc) is 1.12. The van der Waals surface area contributed by atoms with E-state index in [0.29, 0.717) is 17.5 Å². The third kappa shape index (κ3) is 10.1. The SMILES string of the molecule is CC1(C)c2ccc(-c3cccc4c(-c5nc(-c6ccccc6)nc(-c6ccccc6)n5)cccc34)cc2-c2cccc(-c3ccccc3)c2C1(C)C.CC1(C)c2ccc(-c3ccccc3)cc2-c2cc(-c3nc4ccccc4nc3-c3ccc4c(c3)oc3ccccc34)ccc2C1(C)C. The summed E-state index contributed by atoms with van der Waals surface area (Å²) in [5.74, 6) is 1.98. The fourth-order valence-electron chi connectivity index (χ4n) is 15.7. The summed E-state index contributed by atoms with van der Waals surface area (Å²) >= 11 is 0. The van der Waals surface area contributed by atoms with Gasteiger partial charge in [0.05, 0.1) is 22.4 Å². The molecule has 476 valence electrons. The standard InChI is InChI=1S/C49H39N3.C44H34N2O/c1-48(2)43-30-29-35(31-42(43)40-27-15-24-37(44(40)49(48,3)4)32-17-8-5-9-18-32)36-23-14-26-39-38(36)25-16-28-41(39)47-51-45(33-19-10-6-11-20-33)50-46(52-47)34-21-12-7-13-22-34;1-43(2)35-22-19-28(27-12-6-5-7-13-27)24-33(35)34-25-29(20-23-36(34)44(43,3)4)41-42(46-38-16-10-9-15-37(38)45-41)30-18-21-32-31-14-8-11-17-39(31)47-40(32)26-30/h5-31H,1-4H3;5-26H,1-4H3. The van der Waals surface area contributed by atoms with Crippen molar-refractivity contribution in [1.82, 2.24) is 24.9 Å². The monoisotopic (exact) mass is 1280 g/mol. The number of para-hydroxylation sites is 3. The molecule has 0 aliphatic heterocycles. The van der Waals surface area contributed by atoms with Crippen molar-refractivity contribution in [3.8, 4) is 112 Å². The maximum absolute atomic E-state index is 6.30. The lowest BCUT2D eigenvalue weighted by Gasteiger charge is -2.49. The molecule has 0 N–H and O–H groups in total. The van der Waals surface area contributed by atoms with Crippen LogP contribution in [0.15, 0.2) is 302 Å². The zero-order valence-corrected chi connectivity index (χ0v) is 56.9. The summed E-state index contributed by atoms with van der Waals surface area (Å²) in [7, 11) is 0.